The number of aromatic nitrogens is 2. The number of aromatic amines is 1. The van der Waals surface area contributed by atoms with Gasteiger partial charge in [0.2, 0.25) is 0 Å². The molecule has 1 heterocycles. The highest BCUT2D eigenvalue weighted by Crippen LogP contribution is 2.14. The molecule has 0 atom stereocenters. The number of nitrogens with one attached hydrogen (secondary N) is 1. The Balaban J connectivity index is 3.15. The zero-order chi connectivity index (χ0) is 14.8. The molecule has 0 aliphatic heterocycles. The second kappa shape index (κ2) is 5.21. The van der Waals surface area contributed by atoms with Crippen molar-refractivity contribution in [3.63, 3.8) is 0 Å². The zero-order valence-corrected chi connectivity index (χ0v) is 11.4. The minimum atomic E-state index is -1.41. The van der Waals surface area contributed by atoms with Gasteiger partial charge in [-0.2, -0.15) is 0 Å². The maximum Gasteiger partial charge on any atom is 0.329 e. The fourth-order valence-corrected chi connectivity index (χ4v) is 1.34. The largest absolute Gasteiger partial charge is 0.480 e. The third-order valence-electron chi connectivity index (χ3n) is 3.08. The lowest BCUT2D eigenvalue weighted by Gasteiger charge is -2.31. The van der Waals surface area contributed by atoms with Crippen LogP contribution in [0, 0.1) is 0 Å². The number of carboxylic acids is 1. The van der Waals surface area contributed by atoms with Gasteiger partial charge >= 0.3 is 5.97 Å². The van der Waals surface area contributed by atoms with E-state index >= 15 is 0 Å². The highest BCUT2D eigenvalue weighted by Gasteiger charge is 2.36. The summed E-state index contributed by atoms with van der Waals surface area (Å²) in [6.07, 6.45) is 1.72. The normalized spacial score (nSPS) is 11.2. The molecule has 1 rings (SSSR count). The molecule has 0 radical (unpaired) electrons. The Morgan fingerprint density at radius 1 is 1.47 bits per heavy atom. The number of amides is 1. The Kier molecular flexibility index (Phi) is 4.08. The van der Waals surface area contributed by atoms with Crippen molar-refractivity contribution in [1.82, 2.24) is 14.9 Å². The van der Waals surface area contributed by atoms with Crippen LogP contribution in [0.5, 0.6) is 0 Å². The van der Waals surface area contributed by atoms with Gasteiger partial charge in [-0.1, -0.05) is 6.92 Å². The van der Waals surface area contributed by atoms with Gasteiger partial charge in [0.15, 0.2) is 0 Å². The minimum absolute atomic E-state index is 0.172. The van der Waals surface area contributed by atoms with E-state index in [0.29, 0.717) is 12.2 Å². The van der Waals surface area contributed by atoms with Crippen LogP contribution < -0.4 is 5.56 Å². The number of likely N-dealkylation sites (N-methyl/N-ethyl adjacent to an activating group) is 1. The highest BCUT2D eigenvalue weighted by atomic mass is 16.4. The molecule has 1 aromatic rings. The molecule has 7 nitrogen and oxygen atoms in total. The van der Waals surface area contributed by atoms with E-state index < -0.39 is 23.0 Å². The number of rotatable bonds is 4. The smallest absolute Gasteiger partial charge is 0.329 e. The van der Waals surface area contributed by atoms with Gasteiger partial charge in [0.05, 0.1) is 0 Å². The number of hydrogen-bond acceptors (Lipinski definition) is 4. The van der Waals surface area contributed by atoms with Crippen molar-refractivity contribution < 1.29 is 14.7 Å². The number of carbonyl (C=O) groups excluding carboxylic acids is 1. The quantitative estimate of drug-likeness (QED) is 0.814. The SMILES string of the molecule is CCc1ncc(C(=O)N(C)C(C)(C)C(=O)O)c(=O)[nH]1. The Morgan fingerprint density at radius 3 is 2.47 bits per heavy atom. The molecule has 0 aliphatic rings. The molecule has 0 saturated carbocycles. The van der Waals surface area contributed by atoms with Crippen molar-refractivity contribution in [2.75, 3.05) is 7.05 Å². The monoisotopic (exact) mass is 267 g/mol. The lowest BCUT2D eigenvalue weighted by molar-refractivity contribution is -0.147. The molecule has 0 spiro atoms. The van der Waals surface area contributed by atoms with Crippen molar-refractivity contribution in [2.45, 2.75) is 32.7 Å². The lowest BCUT2D eigenvalue weighted by atomic mass is 10.0. The first-order valence-electron chi connectivity index (χ1n) is 5.81. The van der Waals surface area contributed by atoms with E-state index in [1.165, 1.54) is 27.1 Å². The Labute approximate surface area is 110 Å². The van der Waals surface area contributed by atoms with Crippen LogP contribution in [0.3, 0.4) is 0 Å². The standard InChI is InChI=1S/C12H17N3O4/c1-5-8-13-6-7(9(16)14-8)10(17)15(4)12(2,3)11(18)19/h6H,5H2,1-4H3,(H,18,19)(H,13,14,16). The molecule has 2 N–H and O–H groups in total. The number of aryl methyl sites for hydroxylation is 1. The third-order valence-corrected chi connectivity index (χ3v) is 3.08. The van der Waals surface area contributed by atoms with Gasteiger partial charge < -0.3 is 15.0 Å². The summed E-state index contributed by atoms with van der Waals surface area (Å²) in [4.78, 5) is 42.4. The topological polar surface area (TPSA) is 103 Å². The van der Waals surface area contributed by atoms with E-state index in [9.17, 15) is 14.4 Å². The van der Waals surface area contributed by atoms with Crippen molar-refractivity contribution >= 4 is 11.9 Å². The molecule has 104 valence electrons. The molecule has 1 amide bonds. The van der Waals surface area contributed by atoms with Gasteiger partial charge in [-0.05, 0) is 13.8 Å². The summed E-state index contributed by atoms with van der Waals surface area (Å²) in [6.45, 7) is 4.59. The van der Waals surface area contributed by atoms with Gasteiger partial charge in [-0.3, -0.25) is 9.59 Å². The maximum atomic E-state index is 12.1. The Morgan fingerprint density at radius 2 is 2.05 bits per heavy atom. The summed E-state index contributed by atoms with van der Waals surface area (Å²) in [5.74, 6) is -1.36. The van der Waals surface area contributed by atoms with Crippen LogP contribution in [-0.2, 0) is 11.2 Å². The summed E-state index contributed by atoms with van der Waals surface area (Å²) in [6, 6.07) is 0. The van der Waals surface area contributed by atoms with Gasteiger partial charge in [0.1, 0.15) is 16.9 Å². The van der Waals surface area contributed by atoms with Crippen molar-refractivity contribution in [3.8, 4) is 0 Å². The maximum absolute atomic E-state index is 12.1. The van der Waals surface area contributed by atoms with Crippen LogP contribution >= 0.6 is 0 Å². The molecule has 0 aliphatic carbocycles. The average Bonchev–Trinajstić information content (AvgIpc) is 2.36. The van der Waals surface area contributed by atoms with E-state index in [1.807, 2.05) is 6.92 Å². The van der Waals surface area contributed by atoms with Crippen LogP contribution in [0.2, 0.25) is 0 Å². The summed E-state index contributed by atoms with van der Waals surface area (Å²) in [7, 11) is 1.34. The highest BCUT2D eigenvalue weighted by molar-refractivity contribution is 5.96. The molecule has 0 bridgehead atoms. The zero-order valence-electron chi connectivity index (χ0n) is 11.4. The van der Waals surface area contributed by atoms with Crippen LogP contribution in [-0.4, -0.2) is 44.4 Å². The summed E-state index contributed by atoms with van der Waals surface area (Å²) in [5, 5.41) is 9.06. The molecule has 0 fully saturated rings. The van der Waals surface area contributed by atoms with Crippen molar-refractivity contribution in [2.24, 2.45) is 0 Å². The van der Waals surface area contributed by atoms with Gasteiger partial charge in [0.25, 0.3) is 11.5 Å². The van der Waals surface area contributed by atoms with Crippen LogP contribution in [0.15, 0.2) is 11.0 Å². The molecule has 7 heteroatoms. The van der Waals surface area contributed by atoms with Crippen molar-refractivity contribution in [1.29, 1.82) is 0 Å². The van der Waals surface area contributed by atoms with E-state index in [4.69, 9.17) is 5.11 Å². The molecule has 0 unspecified atom stereocenters. The van der Waals surface area contributed by atoms with Crippen LogP contribution in [0.4, 0.5) is 0 Å². The predicted octanol–water partition coefficient (Wildman–Crippen LogP) is 0.268. The fourth-order valence-electron chi connectivity index (χ4n) is 1.34. The number of carboxylic acid groups (broad SMARTS) is 1. The Bertz CT molecular complexity index is 562. The first-order valence-corrected chi connectivity index (χ1v) is 5.81. The average molecular weight is 267 g/mol. The Hall–Kier alpha value is -2.18. The van der Waals surface area contributed by atoms with Gasteiger partial charge in [-0.15, -0.1) is 0 Å². The van der Waals surface area contributed by atoms with E-state index in [0.717, 1.165) is 4.90 Å². The number of aliphatic carboxylic acids is 1. The van der Waals surface area contributed by atoms with E-state index in [-0.39, 0.29) is 5.56 Å². The van der Waals surface area contributed by atoms with Gasteiger partial charge in [-0.25, -0.2) is 9.78 Å². The van der Waals surface area contributed by atoms with Crippen molar-refractivity contribution in [3.05, 3.63) is 27.9 Å². The summed E-state index contributed by atoms with van der Waals surface area (Å²) < 4.78 is 0. The second-order valence-corrected chi connectivity index (χ2v) is 4.65. The predicted molar refractivity (Wildman–Crippen MR) is 68.0 cm³/mol. The third kappa shape index (κ3) is 2.81. The molecular weight excluding hydrogens is 250 g/mol. The lowest BCUT2D eigenvalue weighted by Crippen LogP contribution is -2.51. The fraction of sp³-hybridized carbons (Fsp3) is 0.500. The van der Waals surface area contributed by atoms with E-state index in [2.05, 4.69) is 9.97 Å². The molecule has 19 heavy (non-hydrogen) atoms. The second-order valence-electron chi connectivity index (χ2n) is 4.65. The first-order chi connectivity index (χ1) is 8.71. The van der Waals surface area contributed by atoms with Crippen LogP contribution in [0.1, 0.15) is 37.0 Å². The molecular formula is C12H17N3O4. The first kappa shape index (κ1) is 14.9. The molecule has 0 aromatic carbocycles. The molecule has 0 saturated heterocycles. The number of carbonyl (C=O) groups is 2. The number of nitrogens with zero attached hydrogens (tertiary/aromatic N) is 2. The van der Waals surface area contributed by atoms with Crippen LogP contribution in [0.25, 0.3) is 0 Å². The summed E-state index contributed by atoms with van der Waals surface area (Å²) >= 11 is 0. The molecule has 1 aromatic heterocycles. The summed E-state index contributed by atoms with van der Waals surface area (Å²) in [5.41, 5.74) is -2.15. The van der Waals surface area contributed by atoms with E-state index in [1.54, 1.807) is 0 Å². The number of H-pyrrole nitrogens is 1. The van der Waals surface area contributed by atoms with Gasteiger partial charge in [0, 0.05) is 19.7 Å². The minimum Gasteiger partial charge on any atom is -0.480 e. The number of hydrogen-bond donors (Lipinski definition) is 2.